The van der Waals surface area contributed by atoms with Crippen molar-refractivity contribution in [1.82, 2.24) is 13.7 Å². The van der Waals surface area contributed by atoms with Crippen molar-refractivity contribution >= 4 is 22.8 Å². The molecular formula is C18H13N3OS. The zero-order valence-electron chi connectivity index (χ0n) is 12.2. The molecule has 0 unspecified atom stereocenters. The maximum absolute atomic E-state index is 9.84. The number of nitrogens with zero attached hydrogens (tertiary/aromatic N) is 3. The molecule has 4 aromatic rings. The minimum atomic E-state index is -0.141. The number of fused-ring (bicyclic) bond motifs is 1. The first-order valence-electron chi connectivity index (χ1n) is 7.25. The number of hydrogen-bond donors (Lipinski definition) is 1. The Balaban J connectivity index is 2.05. The smallest absolute Gasteiger partial charge is 0.131 e. The molecule has 1 N–H and O–H groups in total. The van der Waals surface area contributed by atoms with Gasteiger partial charge in [-0.05, 0) is 5.56 Å². The van der Waals surface area contributed by atoms with Gasteiger partial charge in [0.05, 0.1) is 29.7 Å². The molecule has 0 aliphatic heterocycles. The average molecular weight is 319 g/mol. The molecule has 23 heavy (non-hydrogen) atoms. The summed E-state index contributed by atoms with van der Waals surface area (Å²) in [5, 5.41) is 9.84. The summed E-state index contributed by atoms with van der Waals surface area (Å²) in [5.41, 5.74) is 5.77. The number of pyridine rings is 1. The van der Waals surface area contributed by atoms with Gasteiger partial charge >= 0.3 is 0 Å². The Labute approximate surface area is 137 Å². The highest BCUT2D eigenvalue weighted by atomic mass is 32.1. The van der Waals surface area contributed by atoms with Crippen molar-refractivity contribution in [3.05, 3.63) is 66.4 Å². The van der Waals surface area contributed by atoms with Crippen LogP contribution in [0.3, 0.4) is 0 Å². The molecule has 0 aliphatic carbocycles. The minimum absolute atomic E-state index is 0.141. The van der Waals surface area contributed by atoms with E-state index in [4.69, 9.17) is 4.98 Å². The lowest BCUT2D eigenvalue weighted by atomic mass is 10.00. The van der Waals surface area contributed by atoms with Crippen LogP contribution in [0.2, 0.25) is 0 Å². The Bertz CT molecular complexity index is 952. The Morgan fingerprint density at radius 1 is 0.783 bits per heavy atom. The van der Waals surface area contributed by atoms with Gasteiger partial charge in [-0.1, -0.05) is 60.7 Å². The Morgan fingerprint density at radius 2 is 1.39 bits per heavy atom. The Hall–Kier alpha value is -2.63. The van der Waals surface area contributed by atoms with Gasteiger partial charge in [0.2, 0.25) is 0 Å². The van der Waals surface area contributed by atoms with E-state index in [-0.39, 0.29) is 6.61 Å². The Kier molecular flexibility index (Phi) is 3.57. The van der Waals surface area contributed by atoms with Crippen LogP contribution in [0.15, 0.2) is 60.7 Å². The van der Waals surface area contributed by atoms with Crippen molar-refractivity contribution in [2.75, 3.05) is 0 Å². The lowest BCUT2D eigenvalue weighted by Gasteiger charge is -2.11. The van der Waals surface area contributed by atoms with Crippen molar-refractivity contribution in [2.45, 2.75) is 6.61 Å². The zero-order valence-corrected chi connectivity index (χ0v) is 13.0. The third-order valence-corrected chi connectivity index (χ3v) is 4.27. The molecule has 0 amide bonds. The quantitative estimate of drug-likeness (QED) is 0.622. The first-order valence-corrected chi connectivity index (χ1v) is 7.98. The van der Waals surface area contributed by atoms with Crippen LogP contribution in [0.25, 0.3) is 33.4 Å². The maximum atomic E-state index is 9.84. The van der Waals surface area contributed by atoms with Crippen molar-refractivity contribution < 1.29 is 5.11 Å². The van der Waals surface area contributed by atoms with E-state index in [1.165, 1.54) is 11.7 Å². The fourth-order valence-corrected chi connectivity index (χ4v) is 3.26. The molecule has 0 saturated heterocycles. The number of rotatable bonds is 3. The molecule has 0 spiro atoms. The molecular weight excluding hydrogens is 306 g/mol. The molecule has 112 valence electrons. The molecule has 4 rings (SSSR count). The Morgan fingerprint density at radius 3 is 2.04 bits per heavy atom. The summed E-state index contributed by atoms with van der Waals surface area (Å²) in [4.78, 5) is 4.69. The maximum Gasteiger partial charge on any atom is 0.131 e. The van der Waals surface area contributed by atoms with Crippen LogP contribution in [0.5, 0.6) is 0 Å². The summed E-state index contributed by atoms with van der Waals surface area (Å²) in [6.07, 6.45) is 0. The number of benzene rings is 2. The van der Waals surface area contributed by atoms with Crippen LogP contribution in [0, 0.1) is 0 Å². The highest BCUT2D eigenvalue weighted by Crippen LogP contribution is 2.35. The van der Waals surface area contributed by atoms with Crippen molar-refractivity contribution in [2.24, 2.45) is 0 Å². The van der Waals surface area contributed by atoms with E-state index < -0.39 is 0 Å². The number of aliphatic hydroxyl groups excluding tert-OH is 1. The first-order chi connectivity index (χ1) is 11.4. The van der Waals surface area contributed by atoms with Crippen molar-refractivity contribution in [3.63, 3.8) is 0 Å². The first kappa shape index (κ1) is 14.0. The van der Waals surface area contributed by atoms with Gasteiger partial charge in [0.25, 0.3) is 0 Å². The predicted octanol–water partition coefficient (Wildman–Crippen LogP) is 3.91. The molecule has 4 nitrogen and oxygen atoms in total. The number of aliphatic hydroxyl groups is 1. The molecule has 0 atom stereocenters. The van der Waals surface area contributed by atoms with E-state index in [2.05, 4.69) is 8.75 Å². The van der Waals surface area contributed by atoms with Gasteiger partial charge in [0.1, 0.15) is 11.0 Å². The number of aromatic nitrogens is 3. The van der Waals surface area contributed by atoms with Gasteiger partial charge in [-0.3, -0.25) is 0 Å². The standard InChI is InChI=1S/C18H13N3OS/c22-11-14-15(12-7-3-1-4-8-12)17-18(21-23-20-17)16(19-14)13-9-5-2-6-10-13/h1-10,22H,11H2. The van der Waals surface area contributed by atoms with E-state index in [0.29, 0.717) is 5.69 Å². The van der Waals surface area contributed by atoms with Gasteiger partial charge in [-0.15, -0.1) is 0 Å². The van der Waals surface area contributed by atoms with Crippen molar-refractivity contribution in [1.29, 1.82) is 0 Å². The van der Waals surface area contributed by atoms with Gasteiger partial charge in [0.15, 0.2) is 0 Å². The van der Waals surface area contributed by atoms with Crippen LogP contribution in [-0.2, 0) is 6.61 Å². The van der Waals surface area contributed by atoms with Gasteiger partial charge in [0, 0.05) is 11.1 Å². The minimum Gasteiger partial charge on any atom is -0.390 e. The summed E-state index contributed by atoms with van der Waals surface area (Å²) in [6, 6.07) is 19.8. The van der Waals surface area contributed by atoms with Gasteiger partial charge in [-0.25, -0.2) is 4.98 Å². The topological polar surface area (TPSA) is 58.9 Å². The molecule has 0 saturated carbocycles. The van der Waals surface area contributed by atoms with Crippen LogP contribution in [0.4, 0.5) is 0 Å². The second kappa shape index (κ2) is 5.87. The third kappa shape index (κ3) is 2.40. The third-order valence-electron chi connectivity index (χ3n) is 3.74. The summed E-state index contributed by atoms with van der Waals surface area (Å²) >= 11 is 1.17. The largest absolute Gasteiger partial charge is 0.390 e. The second-order valence-electron chi connectivity index (χ2n) is 5.13. The summed E-state index contributed by atoms with van der Waals surface area (Å²) < 4.78 is 8.91. The van der Waals surface area contributed by atoms with E-state index >= 15 is 0 Å². The lowest BCUT2D eigenvalue weighted by molar-refractivity contribution is 0.278. The van der Waals surface area contributed by atoms with Crippen LogP contribution in [0.1, 0.15) is 5.69 Å². The lowest BCUT2D eigenvalue weighted by Crippen LogP contribution is -1.99. The monoisotopic (exact) mass is 319 g/mol. The summed E-state index contributed by atoms with van der Waals surface area (Å²) in [7, 11) is 0. The molecule has 2 aromatic carbocycles. The average Bonchev–Trinajstić information content (AvgIpc) is 3.11. The SMILES string of the molecule is OCc1nc(-c2ccccc2)c2nsnc2c1-c1ccccc1. The zero-order chi connectivity index (χ0) is 15.6. The normalized spacial score (nSPS) is 11.0. The van der Waals surface area contributed by atoms with E-state index in [1.807, 2.05) is 60.7 Å². The highest BCUT2D eigenvalue weighted by Gasteiger charge is 2.19. The molecule has 2 aromatic heterocycles. The van der Waals surface area contributed by atoms with Gasteiger partial charge < -0.3 is 5.11 Å². The molecule has 0 aliphatic rings. The molecule has 2 heterocycles. The van der Waals surface area contributed by atoms with E-state index in [1.54, 1.807) is 0 Å². The summed E-state index contributed by atoms with van der Waals surface area (Å²) in [5.74, 6) is 0. The van der Waals surface area contributed by atoms with E-state index in [0.717, 1.165) is 33.4 Å². The van der Waals surface area contributed by atoms with Crippen LogP contribution in [-0.4, -0.2) is 18.8 Å². The van der Waals surface area contributed by atoms with Crippen molar-refractivity contribution in [3.8, 4) is 22.4 Å². The predicted molar refractivity (Wildman–Crippen MR) is 92.0 cm³/mol. The van der Waals surface area contributed by atoms with Crippen LogP contribution >= 0.6 is 11.7 Å². The fraction of sp³-hybridized carbons (Fsp3) is 0.0556. The van der Waals surface area contributed by atoms with E-state index in [9.17, 15) is 5.11 Å². The molecule has 0 radical (unpaired) electrons. The fourth-order valence-electron chi connectivity index (χ4n) is 2.71. The molecule has 5 heteroatoms. The number of hydrogen-bond acceptors (Lipinski definition) is 5. The highest BCUT2D eigenvalue weighted by molar-refractivity contribution is 7.00. The van der Waals surface area contributed by atoms with Crippen LogP contribution < -0.4 is 0 Å². The summed E-state index contributed by atoms with van der Waals surface area (Å²) in [6.45, 7) is -0.141. The second-order valence-corrected chi connectivity index (χ2v) is 5.66. The molecule has 0 fully saturated rings. The van der Waals surface area contributed by atoms with Gasteiger partial charge in [-0.2, -0.15) is 8.75 Å². The molecule has 0 bridgehead atoms.